The minimum Gasteiger partial charge on any atom is -0.386 e. The minimum atomic E-state index is -0.744. The Hall–Kier alpha value is -0.860. The van der Waals surface area contributed by atoms with Crippen molar-refractivity contribution in [3.05, 3.63) is 34.9 Å². The lowest BCUT2D eigenvalue weighted by atomic mass is 9.90. The van der Waals surface area contributed by atoms with Crippen molar-refractivity contribution in [3.63, 3.8) is 0 Å². The van der Waals surface area contributed by atoms with E-state index < -0.39 is 5.60 Å². The number of aliphatic hydroxyl groups is 1. The second kappa shape index (κ2) is 6.72. The number of hydrogen-bond donors (Lipinski definition) is 1. The van der Waals surface area contributed by atoms with Gasteiger partial charge >= 0.3 is 0 Å². The molecule has 0 radical (unpaired) electrons. The molecule has 1 N–H and O–H groups in total. The quantitative estimate of drug-likeness (QED) is 0.541. The van der Waals surface area contributed by atoms with E-state index in [9.17, 15) is 5.11 Å². The molecule has 0 unspecified atom stereocenters. The summed E-state index contributed by atoms with van der Waals surface area (Å²) in [4.78, 5) is 0. The lowest BCUT2D eigenvalue weighted by Gasteiger charge is -2.22. The third-order valence-corrected chi connectivity index (χ3v) is 5.11. The summed E-state index contributed by atoms with van der Waals surface area (Å²) in [5.41, 5.74) is 3.25. The predicted octanol–water partition coefficient (Wildman–Crippen LogP) is 5.09. The van der Waals surface area contributed by atoms with Crippen LogP contribution in [0.25, 0.3) is 0 Å². The van der Waals surface area contributed by atoms with Crippen LogP contribution in [-0.2, 0) is 4.74 Å². The van der Waals surface area contributed by atoms with Gasteiger partial charge in [-0.15, -0.1) is 0 Å². The topological polar surface area (TPSA) is 32.8 Å². The highest BCUT2D eigenvalue weighted by Crippen LogP contribution is 2.43. The molecule has 0 bridgehead atoms. The van der Waals surface area contributed by atoms with Crippen LogP contribution in [0.4, 0.5) is 0 Å². The molecule has 2 rings (SSSR count). The highest BCUT2D eigenvalue weighted by atomic mass is 16.6. The monoisotopic (exact) mass is 304 g/mol. The van der Waals surface area contributed by atoms with Crippen LogP contribution in [0.15, 0.2) is 34.9 Å². The van der Waals surface area contributed by atoms with Crippen molar-refractivity contribution in [3.8, 4) is 0 Å². The Kier molecular flexibility index (Phi) is 5.34. The predicted molar refractivity (Wildman–Crippen MR) is 92.9 cm³/mol. The van der Waals surface area contributed by atoms with Crippen molar-refractivity contribution in [2.45, 2.75) is 90.4 Å². The van der Waals surface area contributed by atoms with Crippen molar-refractivity contribution in [2.24, 2.45) is 0 Å². The van der Waals surface area contributed by atoms with E-state index >= 15 is 0 Å². The van der Waals surface area contributed by atoms with Crippen LogP contribution >= 0.6 is 0 Å². The van der Waals surface area contributed by atoms with Crippen molar-refractivity contribution in [1.29, 1.82) is 0 Å². The molecule has 1 aliphatic heterocycles. The molecule has 0 aromatic carbocycles. The van der Waals surface area contributed by atoms with E-state index in [2.05, 4.69) is 39.0 Å². The summed E-state index contributed by atoms with van der Waals surface area (Å²) in [6, 6.07) is 0. The SMILES string of the molecule is C/C1=C\CC[C@]2(C)O[C@H]2CC/C(C)=C/C=C(/C(C)(C)O)CC1. The first-order chi connectivity index (χ1) is 10.2. The molecule has 2 aliphatic rings. The average molecular weight is 304 g/mol. The Balaban J connectivity index is 2.16. The molecule has 1 aliphatic carbocycles. The van der Waals surface area contributed by atoms with Crippen LogP contribution in [0.5, 0.6) is 0 Å². The fourth-order valence-corrected chi connectivity index (χ4v) is 3.19. The molecule has 0 spiro atoms. The zero-order valence-electron chi connectivity index (χ0n) is 14.9. The molecule has 22 heavy (non-hydrogen) atoms. The summed E-state index contributed by atoms with van der Waals surface area (Å²) in [5.74, 6) is 0. The maximum absolute atomic E-state index is 10.4. The van der Waals surface area contributed by atoms with Gasteiger partial charge in [0.2, 0.25) is 0 Å². The number of ether oxygens (including phenoxy) is 1. The van der Waals surface area contributed by atoms with Gasteiger partial charge < -0.3 is 9.84 Å². The van der Waals surface area contributed by atoms with Gasteiger partial charge in [0, 0.05) is 0 Å². The molecule has 2 heteroatoms. The molecule has 2 nitrogen and oxygen atoms in total. The van der Waals surface area contributed by atoms with Gasteiger partial charge in [-0.05, 0) is 78.7 Å². The van der Waals surface area contributed by atoms with Crippen LogP contribution in [0, 0.1) is 0 Å². The Labute approximate surface area is 136 Å². The molecular formula is C20H32O2. The van der Waals surface area contributed by atoms with Crippen LogP contribution in [-0.4, -0.2) is 22.4 Å². The van der Waals surface area contributed by atoms with E-state index in [0.29, 0.717) is 6.10 Å². The first-order valence-corrected chi connectivity index (χ1v) is 8.63. The lowest BCUT2D eigenvalue weighted by Crippen LogP contribution is -2.22. The summed E-state index contributed by atoms with van der Waals surface area (Å²) in [6.07, 6.45) is 13.4. The van der Waals surface area contributed by atoms with Gasteiger partial charge in [-0.1, -0.05) is 29.4 Å². The molecule has 1 fully saturated rings. The van der Waals surface area contributed by atoms with E-state index in [0.717, 1.165) is 44.1 Å². The molecule has 0 aromatic rings. The van der Waals surface area contributed by atoms with Crippen molar-refractivity contribution in [2.75, 3.05) is 0 Å². The first-order valence-electron chi connectivity index (χ1n) is 8.63. The van der Waals surface area contributed by atoms with Crippen molar-refractivity contribution < 1.29 is 9.84 Å². The second-order valence-electron chi connectivity index (χ2n) is 7.81. The maximum atomic E-state index is 10.4. The van der Waals surface area contributed by atoms with Crippen molar-refractivity contribution >= 4 is 0 Å². The Bertz CT molecular complexity index is 490. The normalized spacial score (nSPS) is 38.5. The second-order valence-corrected chi connectivity index (χ2v) is 7.81. The Morgan fingerprint density at radius 3 is 2.55 bits per heavy atom. The van der Waals surface area contributed by atoms with Crippen LogP contribution in [0.3, 0.4) is 0 Å². The van der Waals surface area contributed by atoms with E-state index in [1.165, 1.54) is 11.1 Å². The fraction of sp³-hybridized carbons (Fsp3) is 0.700. The van der Waals surface area contributed by atoms with Gasteiger partial charge in [-0.25, -0.2) is 0 Å². The van der Waals surface area contributed by atoms with E-state index in [-0.39, 0.29) is 5.60 Å². The maximum Gasteiger partial charge on any atom is 0.0923 e. The van der Waals surface area contributed by atoms with Gasteiger partial charge in [0.1, 0.15) is 0 Å². The largest absolute Gasteiger partial charge is 0.386 e. The average Bonchev–Trinajstić information content (AvgIpc) is 3.04. The van der Waals surface area contributed by atoms with Crippen LogP contribution < -0.4 is 0 Å². The Morgan fingerprint density at radius 2 is 1.86 bits per heavy atom. The number of epoxide rings is 1. The standard InChI is InChI=1S/C20H32O2/c1-15-7-6-14-20(5)18(22-20)13-10-16(2)9-12-17(11-8-15)19(3,4)21/h7,9,12,18,21H,6,8,10-11,13-14H2,1-5H3/b15-7+,16-9+,17-12+/t18-,20-/m0/s1. The highest BCUT2D eigenvalue weighted by Gasteiger charge is 2.50. The molecule has 0 amide bonds. The summed E-state index contributed by atoms with van der Waals surface area (Å²) >= 11 is 0. The van der Waals surface area contributed by atoms with Gasteiger partial charge in [-0.2, -0.15) is 0 Å². The highest BCUT2D eigenvalue weighted by molar-refractivity contribution is 5.24. The summed E-state index contributed by atoms with van der Waals surface area (Å²) < 4.78 is 5.93. The fourth-order valence-electron chi connectivity index (χ4n) is 3.19. The van der Waals surface area contributed by atoms with Crippen molar-refractivity contribution in [1.82, 2.24) is 0 Å². The smallest absolute Gasteiger partial charge is 0.0923 e. The van der Waals surface area contributed by atoms with Crippen LogP contribution in [0.1, 0.15) is 73.1 Å². The zero-order chi connectivity index (χ0) is 16.4. The van der Waals surface area contributed by atoms with E-state index in [4.69, 9.17) is 4.74 Å². The third-order valence-electron chi connectivity index (χ3n) is 5.11. The molecule has 1 heterocycles. The lowest BCUT2D eigenvalue weighted by molar-refractivity contribution is 0.116. The number of rotatable bonds is 1. The van der Waals surface area contributed by atoms with Gasteiger partial charge in [-0.3, -0.25) is 0 Å². The summed E-state index contributed by atoms with van der Waals surface area (Å²) in [7, 11) is 0. The molecule has 1 saturated heterocycles. The third kappa shape index (κ3) is 4.82. The Morgan fingerprint density at radius 1 is 1.14 bits per heavy atom. The first kappa shape index (κ1) is 17.5. The van der Waals surface area contributed by atoms with E-state index in [1.54, 1.807) is 0 Å². The molecule has 0 aromatic heterocycles. The molecule has 0 saturated carbocycles. The molecular weight excluding hydrogens is 272 g/mol. The number of hydrogen-bond acceptors (Lipinski definition) is 2. The van der Waals surface area contributed by atoms with E-state index in [1.807, 2.05) is 13.8 Å². The summed E-state index contributed by atoms with van der Waals surface area (Å²) in [6.45, 7) is 10.4. The number of fused-ring (bicyclic) bond motifs is 1. The summed E-state index contributed by atoms with van der Waals surface area (Å²) in [5, 5.41) is 10.4. The zero-order valence-corrected chi connectivity index (χ0v) is 14.9. The van der Waals surface area contributed by atoms with Gasteiger partial charge in [0.05, 0.1) is 17.3 Å². The number of allylic oxidation sites excluding steroid dienone is 5. The van der Waals surface area contributed by atoms with Gasteiger partial charge in [0.25, 0.3) is 0 Å². The molecule has 124 valence electrons. The molecule has 2 atom stereocenters. The van der Waals surface area contributed by atoms with Gasteiger partial charge in [0.15, 0.2) is 0 Å². The van der Waals surface area contributed by atoms with Crippen LogP contribution in [0.2, 0.25) is 0 Å². The minimum absolute atomic E-state index is 0.106.